The molecule has 20 heavy (non-hydrogen) atoms. The van der Waals surface area contributed by atoms with Gasteiger partial charge in [-0.25, -0.2) is 5.43 Å². The molecule has 0 aromatic heterocycles. The maximum Gasteiger partial charge on any atom is 0.240 e. The Labute approximate surface area is 123 Å². The van der Waals surface area contributed by atoms with Crippen molar-refractivity contribution in [3.05, 3.63) is 29.8 Å². The Morgan fingerprint density at radius 1 is 1.45 bits per heavy atom. The van der Waals surface area contributed by atoms with Gasteiger partial charge in [0.25, 0.3) is 0 Å². The molecule has 1 atom stereocenters. The zero-order valence-electron chi connectivity index (χ0n) is 11.8. The molecule has 1 aromatic rings. The van der Waals surface area contributed by atoms with Crippen LogP contribution in [0.1, 0.15) is 18.9 Å². The standard InChI is InChI=1S/C15H18N2O2S/c1-10-9-14(18)17-16-12(10)8-7-11-5-4-6-13(20-3)15(11)19-2/h4-8,10H,9H2,1-3H3,(H,17,18). The van der Waals surface area contributed by atoms with Gasteiger partial charge in [-0.3, -0.25) is 4.79 Å². The van der Waals surface area contributed by atoms with Crippen molar-refractivity contribution in [3.8, 4) is 5.75 Å². The molecular formula is C15H18N2O2S. The number of nitrogens with zero attached hydrogens (tertiary/aromatic N) is 1. The van der Waals surface area contributed by atoms with E-state index in [0.717, 1.165) is 21.9 Å². The summed E-state index contributed by atoms with van der Waals surface area (Å²) >= 11 is 1.65. The predicted molar refractivity (Wildman–Crippen MR) is 83.2 cm³/mol. The van der Waals surface area contributed by atoms with Crippen LogP contribution in [0.4, 0.5) is 0 Å². The largest absolute Gasteiger partial charge is 0.495 e. The Morgan fingerprint density at radius 3 is 2.90 bits per heavy atom. The van der Waals surface area contributed by atoms with E-state index >= 15 is 0 Å². The number of benzene rings is 1. The summed E-state index contributed by atoms with van der Waals surface area (Å²) in [5.41, 5.74) is 4.39. The molecule has 0 saturated carbocycles. The molecule has 106 valence electrons. The number of ether oxygens (including phenoxy) is 1. The van der Waals surface area contributed by atoms with Crippen molar-refractivity contribution in [2.24, 2.45) is 11.0 Å². The molecule has 1 aliphatic rings. The van der Waals surface area contributed by atoms with Crippen LogP contribution in [0.3, 0.4) is 0 Å². The Hall–Kier alpha value is -1.75. The number of hydrazone groups is 1. The number of allylic oxidation sites excluding steroid dienone is 1. The van der Waals surface area contributed by atoms with E-state index in [9.17, 15) is 4.79 Å². The highest BCUT2D eigenvalue weighted by molar-refractivity contribution is 7.98. The van der Waals surface area contributed by atoms with Gasteiger partial charge in [-0.2, -0.15) is 5.10 Å². The van der Waals surface area contributed by atoms with Gasteiger partial charge in [-0.05, 0) is 24.5 Å². The lowest BCUT2D eigenvalue weighted by atomic mass is 9.99. The number of carbonyl (C=O) groups is 1. The van der Waals surface area contributed by atoms with E-state index < -0.39 is 0 Å². The van der Waals surface area contributed by atoms with E-state index in [1.54, 1.807) is 18.9 Å². The first kappa shape index (κ1) is 14.7. The van der Waals surface area contributed by atoms with Crippen molar-refractivity contribution in [1.82, 2.24) is 5.43 Å². The molecule has 1 N–H and O–H groups in total. The summed E-state index contributed by atoms with van der Waals surface area (Å²) in [5, 5.41) is 4.09. The van der Waals surface area contributed by atoms with Crippen LogP contribution in [0.2, 0.25) is 0 Å². The summed E-state index contributed by atoms with van der Waals surface area (Å²) in [6.07, 6.45) is 6.41. The van der Waals surface area contributed by atoms with Crippen molar-refractivity contribution in [2.45, 2.75) is 18.2 Å². The van der Waals surface area contributed by atoms with E-state index in [4.69, 9.17) is 4.74 Å². The van der Waals surface area contributed by atoms with E-state index in [1.165, 1.54) is 0 Å². The summed E-state index contributed by atoms with van der Waals surface area (Å²) in [5.74, 6) is 0.968. The number of thioether (sulfide) groups is 1. The van der Waals surface area contributed by atoms with Gasteiger partial charge >= 0.3 is 0 Å². The molecule has 1 unspecified atom stereocenters. The van der Waals surface area contributed by atoms with Gasteiger partial charge in [-0.1, -0.05) is 19.1 Å². The molecule has 4 nitrogen and oxygen atoms in total. The van der Waals surface area contributed by atoms with Gasteiger partial charge in [0.05, 0.1) is 12.8 Å². The fourth-order valence-electron chi connectivity index (χ4n) is 2.09. The summed E-state index contributed by atoms with van der Waals surface area (Å²) in [7, 11) is 1.67. The lowest BCUT2D eigenvalue weighted by Gasteiger charge is -2.16. The fraction of sp³-hybridized carbons (Fsp3) is 0.333. The van der Waals surface area contributed by atoms with Crippen LogP contribution >= 0.6 is 11.8 Å². The third-order valence-corrected chi connectivity index (χ3v) is 3.93. The highest BCUT2D eigenvalue weighted by Gasteiger charge is 2.18. The van der Waals surface area contributed by atoms with Gasteiger partial charge in [0, 0.05) is 22.8 Å². The number of para-hydroxylation sites is 1. The average Bonchev–Trinajstić information content (AvgIpc) is 2.45. The highest BCUT2D eigenvalue weighted by Crippen LogP contribution is 2.31. The van der Waals surface area contributed by atoms with Crippen molar-refractivity contribution in [2.75, 3.05) is 13.4 Å². The van der Waals surface area contributed by atoms with Gasteiger partial charge < -0.3 is 4.74 Å². The minimum atomic E-state index is -0.0309. The van der Waals surface area contributed by atoms with E-state index in [-0.39, 0.29) is 11.8 Å². The molecule has 1 aliphatic heterocycles. The molecule has 0 saturated heterocycles. The number of carbonyl (C=O) groups excluding carboxylic acids is 1. The quantitative estimate of drug-likeness (QED) is 0.867. The Morgan fingerprint density at radius 2 is 2.25 bits per heavy atom. The summed E-state index contributed by atoms with van der Waals surface area (Å²) < 4.78 is 5.47. The van der Waals surface area contributed by atoms with Crippen LogP contribution in [0.5, 0.6) is 5.75 Å². The minimum Gasteiger partial charge on any atom is -0.495 e. The fourth-order valence-corrected chi connectivity index (χ4v) is 2.69. The van der Waals surface area contributed by atoms with Crippen LogP contribution in [-0.2, 0) is 4.79 Å². The second-order valence-electron chi connectivity index (χ2n) is 4.59. The molecule has 0 radical (unpaired) electrons. The molecule has 0 bridgehead atoms. The summed E-state index contributed by atoms with van der Waals surface area (Å²) in [4.78, 5) is 12.3. The molecule has 1 amide bonds. The summed E-state index contributed by atoms with van der Waals surface area (Å²) in [6.45, 7) is 2.00. The molecule has 2 rings (SSSR count). The number of hydrogen-bond donors (Lipinski definition) is 1. The molecule has 5 heteroatoms. The smallest absolute Gasteiger partial charge is 0.240 e. The number of nitrogens with one attached hydrogen (secondary N) is 1. The second kappa shape index (κ2) is 6.61. The van der Waals surface area contributed by atoms with Crippen molar-refractivity contribution >= 4 is 29.5 Å². The lowest BCUT2D eigenvalue weighted by Crippen LogP contribution is -2.30. The third kappa shape index (κ3) is 3.22. The van der Waals surface area contributed by atoms with E-state index in [0.29, 0.717) is 6.42 Å². The SMILES string of the molecule is COc1c(C=CC2=NNC(=O)CC2C)cccc1SC. The van der Waals surface area contributed by atoms with Gasteiger partial charge in [0.1, 0.15) is 5.75 Å². The van der Waals surface area contributed by atoms with E-state index in [1.807, 2.05) is 43.5 Å². The monoisotopic (exact) mass is 290 g/mol. The average molecular weight is 290 g/mol. The molecule has 1 aromatic carbocycles. The predicted octanol–water partition coefficient (Wildman–Crippen LogP) is 2.94. The van der Waals surface area contributed by atoms with Gasteiger partial charge in [0.2, 0.25) is 5.91 Å². The van der Waals surface area contributed by atoms with Crippen LogP contribution in [0, 0.1) is 5.92 Å². The molecule has 1 heterocycles. The third-order valence-electron chi connectivity index (χ3n) is 3.17. The van der Waals surface area contributed by atoms with Crippen molar-refractivity contribution < 1.29 is 9.53 Å². The van der Waals surface area contributed by atoms with Crippen LogP contribution in [0.15, 0.2) is 34.3 Å². The van der Waals surface area contributed by atoms with Crippen LogP contribution < -0.4 is 10.2 Å². The summed E-state index contributed by atoms with van der Waals surface area (Å²) in [6, 6.07) is 6.03. The number of amides is 1. The van der Waals surface area contributed by atoms with Crippen LogP contribution in [-0.4, -0.2) is 25.0 Å². The van der Waals surface area contributed by atoms with Crippen LogP contribution in [0.25, 0.3) is 6.08 Å². The number of methoxy groups -OCH3 is 1. The molecule has 0 aliphatic carbocycles. The molecule has 0 spiro atoms. The normalized spacial score (nSPS) is 18.9. The van der Waals surface area contributed by atoms with Gasteiger partial charge in [0.15, 0.2) is 0 Å². The minimum absolute atomic E-state index is 0.0309. The maximum atomic E-state index is 11.2. The van der Waals surface area contributed by atoms with Gasteiger partial charge in [-0.15, -0.1) is 11.8 Å². The number of hydrogen-bond acceptors (Lipinski definition) is 4. The van der Waals surface area contributed by atoms with E-state index in [2.05, 4.69) is 10.5 Å². The highest BCUT2D eigenvalue weighted by atomic mass is 32.2. The zero-order chi connectivity index (χ0) is 14.5. The topological polar surface area (TPSA) is 50.7 Å². The first-order chi connectivity index (χ1) is 9.65. The molecular weight excluding hydrogens is 272 g/mol. The first-order valence-electron chi connectivity index (χ1n) is 6.41. The first-order valence-corrected chi connectivity index (χ1v) is 7.63. The second-order valence-corrected chi connectivity index (χ2v) is 5.44. The Bertz CT molecular complexity index is 567. The van der Waals surface area contributed by atoms with Crippen molar-refractivity contribution in [3.63, 3.8) is 0 Å². The maximum absolute atomic E-state index is 11.2. The lowest BCUT2D eigenvalue weighted by molar-refractivity contribution is -0.121. The number of rotatable bonds is 4. The van der Waals surface area contributed by atoms with Crippen molar-refractivity contribution in [1.29, 1.82) is 0 Å². The zero-order valence-corrected chi connectivity index (χ0v) is 12.7. The Balaban J connectivity index is 2.26. The molecule has 0 fully saturated rings. The Kier molecular flexibility index (Phi) is 4.84.